The van der Waals surface area contributed by atoms with Crippen molar-refractivity contribution in [2.75, 3.05) is 20.5 Å². The average molecular weight is 350 g/mol. The van der Waals surface area contributed by atoms with Gasteiger partial charge in [0.1, 0.15) is 29.0 Å². The summed E-state index contributed by atoms with van der Waals surface area (Å²) in [5, 5.41) is 4.27. The van der Waals surface area contributed by atoms with E-state index in [1.165, 1.54) is 20.5 Å². The lowest BCUT2D eigenvalue weighted by Crippen LogP contribution is -2.26. The van der Waals surface area contributed by atoms with E-state index in [0.29, 0.717) is 35.0 Å². The molecule has 2 heterocycles. The zero-order chi connectivity index (χ0) is 17.3. The highest BCUT2D eigenvalue weighted by Crippen LogP contribution is 2.43. The molecule has 7 nitrogen and oxygen atoms in total. The van der Waals surface area contributed by atoms with Gasteiger partial charge in [-0.3, -0.25) is 0 Å². The number of ether oxygens (including phenoxy) is 2. The molecule has 1 aliphatic rings. The molecule has 1 aromatic carbocycles. The van der Waals surface area contributed by atoms with Crippen molar-refractivity contribution in [3.8, 4) is 11.5 Å². The minimum atomic E-state index is -3.58. The van der Waals surface area contributed by atoms with Crippen LogP contribution in [0.2, 0.25) is 0 Å². The molecule has 0 saturated heterocycles. The number of rotatable bonds is 5. The van der Waals surface area contributed by atoms with Crippen molar-refractivity contribution in [2.24, 2.45) is 5.10 Å². The Labute approximate surface area is 140 Å². The van der Waals surface area contributed by atoms with Crippen LogP contribution in [0.15, 0.2) is 46.1 Å². The molecule has 2 aromatic rings. The summed E-state index contributed by atoms with van der Waals surface area (Å²) in [6.45, 7) is 0. The van der Waals surface area contributed by atoms with E-state index in [4.69, 9.17) is 13.9 Å². The lowest BCUT2D eigenvalue weighted by atomic mass is 10.00. The van der Waals surface area contributed by atoms with E-state index in [0.717, 1.165) is 10.7 Å². The van der Waals surface area contributed by atoms with Crippen LogP contribution in [0.25, 0.3) is 0 Å². The van der Waals surface area contributed by atoms with Crippen LogP contribution in [0.3, 0.4) is 0 Å². The Morgan fingerprint density at radius 1 is 1.17 bits per heavy atom. The molecule has 0 bridgehead atoms. The Kier molecular flexibility index (Phi) is 4.23. The fourth-order valence-corrected chi connectivity index (χ4v) is 3.70. The first kappa shape index (κ1) is 16.4. The van der Waals surface area contributed by atoms with Gasteiger partial charge in [-0.05, 0) is 24.3 Å². The lowest BCUT2D eigenvalue weighted by molar-refractivity contribution is 0.332. The molecule has 8 heteroatoms. The van der Waals surface area contributed by atoms with E-state index in [1.54, 1.807) is 30.3 Å². The molecule has 24 heavy (non-hydrogen) atoms. The minimum absolute atomic E-state index is 0.358. The smallest absolute Gasteiger partial charge is 0.247 e. The Morgan fingerprint density at radius 3 is 2.33 bits per heavy atom. The van der Waals surface area contributed by atoms with E-state index in [2.05, 4.69) is 5.10 Å². The van der Waals surface area contributed by atoms with Gasteiger partial charge >= 0.3 is 0 Å². The van der Waals surface area contributed by atoms with Crippen molar-refractivity contribution in [3.05, 3.63) is 47.9 Å². The van der Waals surface area contributed by atoms with Crippen LogP contribution in [0.4, 0.5) is 0 Å². The predicted molar refractivity (Wildman–Crippen MR) is 88.8 cm³/mol. The van der Waals surface area contributed by atoms with Crippen molar-refractivity contribution >= 4 is 15.7 Å². The molecule has 1 aliphatic heterocycles. The maximum Gasteiger partial charge on any atom is 0.247 e. The monoisotopic (exact) mass is 350 g/mol. The quantitative estimate of drug-likeness (QED) is 0.827. The van der Waals surface area contributed by atoms with Crippen molar-refractivity contribution < 1.29 is 22.3 Å². The SMILES string of the molecule is COc1cccc(OC)c1[C@H]1CC(c2ccco2)=NN1S(C)(=O)=O. The third kappa shape index (κ3) is 2.84. The average Bonchev–Trinajstić information content (AvgIpc) is 3.22. The van der Waals surface area contributed by atoms with E-state index in [9.17, 15) is 8.42 Å². The van der Waals surface area contributed by atoms with Crippen LogP contribution in [0.1, 0.15) is 23.8 Å². The first-order valence-electron chi connectivity index (χ1n) is 7.27. The molecule has 1 aromatic heterocycles. The molecule has 0 saturated carbocycles. The Morgan fingerprint density at radius 2 is 1.83 bits per heavy atom. The highest BCUT2D eigenvalue weighted by atomic mass is 32.2. The molecular formula is C16H18N2O5S. The van der Waals surface area contributed by atoms with Crippen molar-refractivity contribution in [1.82, 2.24) is 4.41 Å². The van der Waals surface area contributed by atoms with Gasteiger partial charge in [-0.1, -0.05) is 6.07 Å². The topological polar surface area (TPSA) is 81.3 Å². The number of sulfonamides is 1. The minimum Gasteiger partial charge on any atom is -0.496 e. The number of nitrogens with zero attached hydrogens (tertiary/aromatic N) is 2. The lowest BCUT2D eigenvalue weighted by Gasteiger charge is -2.24. The first-order valence-corrected chi connectivity index (χ1v) is 9.12. The highest BCUT2D eigenvalue weighted by Gasteiger charge is 2.38. The highest BCUT2D eigenvalue weighted by molar-refractivity contribution is 7.88. The Balaban J connectivity index is 2.11. The summed E-state index contributed by atoms with van der Waals surface area (Å²) in [5.74, 6) is 1.63. The normalized spacial score (nSPS) is 17.7. The summed E-state index contributed by atoms with van der Waals surface area (Å²) in [7, 11) is -0.513. The Bertz CT molecular complexity index is 836. The maximum absolute atomic E-state index is 12.2. The van der Waals surface area contributed by atoms with Gasteiger partial charge in [-0.25, -0.2) is 8.42 Å². The molecule has 0 amide bonds. The Hall–Kier alpha value is -2.48. The summed E-state index contributed by atoms with van der Waals surface area (Å²) in [4.78, 5) is 0. The summed E-state index contributed by atoms with van der Waals surface area (Å²) < 4.78 is 41.7. The summed E-state index contributed by atoms with van der Waals surface area (Å²) in [6.07, 6.45) is 3.01. The summed E-state index contributed by atoms with van der Waals surface area (Å²) in [5.41, 5.74) is 1.20. The summed E-state index contributed by atoms with van der Waals surface area (Å²) in [6, 6.07) is 8.24. The second kappa shape index (κ2) is 6.20. The number of methoxy groups -OCH3 is 2. The van der Waals surface area contributed by atoms with E-state index in [-0.39, 0.29) is 0 Å². The van der Waals surface area contributed by atoms with Gasteiger partial charge in [-0.2, -0.15) is 9.52 Å². The number of hydrazone groups is 1. The zero-order valence-corrected chi connectivity index (χ0v) is 14.4. The van der Waals surface area contributed by atoms with Crippen molar-refractivity contribution in [3.63, 3.8) is 0 Å². The van der Waals surface area contributed by atoms with Crippen LogP contribution in [-0.4, -0.2) is 39.0 Å². The molecule has 3 rings (SSSR count). The number of furan rings is 1. The number of hydrogen-bond donors (Lipinski definition) is 0. The second-order valence-corrected chi connectivity index (χ2v) is 7.20. The maximum atomic E-state index is 12.2. The largest absolute Gasteiger partial charge is 0.496 e. The van der Waals surface area contributed by atoms with Crippen LogP contribution in [0.5, 0.6) is 11.5 Å². The van der Waals surface area contributed by atoms with Gasteiger partial charge in [0, 0.05) is 6.42 Å². The third-order valence-electron chi connectivity index (χ3n) is 3.82. The molecule has 0 unspecified atom stereocenters. The fourth-order valence-electron chi connectivity index (χ4n) is 2.81. The molecular weight excluding hydrogens is 332 g/mol. The molecule has 0 fully saturated rings. The molecule has 128 valence electrons. The van der Waals surface area contributed by atoms with Gasteiger partial charge in [-0.15, -0.1) is 0 Å². The predicted octanol–water partition coefficient (Wildman–Crippen LogP) is 2.41. The van der Waals surface area contributed by atoms with E-state index in [1.807, 2.05) is 0 Å². The van der Waals surface area contributed by atoms with Gasteiger partial charge in [0.15, 0.2) is 0 Å². The molecule has 0 N–H and O–H groups in total. The molecule has 0 spiro atoms. The van der Waals surface area contributed by atoms with E-state index >= 15 is 0 Å². The summed E-state index contributed by atoms with van der Waals surface area (Å²) >= 11 is 0. The molecule has 0 radical (unpaired) electrons. The zero-order valence-electron chi connectivity index (χ0n) is 13.6. The first-order chi connectivity index (χ1) is 11.5. The number of benzene rings is 1. The molecule has 0 aliphatic carbocycles. The standard InChI is InChI=1S/C16H18N2O5S/c1-21-14-6-4-7-15(22-2)16(14)12-10-11(13-8-5-9-23-13)17-18(12)24(3,19)20/h4-9,12H,10H2,1-3H3/t12-/m1/s1. The van der Waals surface area contributed by atoms with Crippen molar-refractivity contribution in [2.45, 2.75) is 12.5 Å². The third-order valence-corrected chi connectivity index (χ3v) is 4.83. The second-order valence-electron chi connectivity index (χ2n) is 5.36. The van der Waals surface area contributed by atoms with Gasteiger partial charge in [0.25, 0.3) is 0 Å². The molecule has 1 atom stereocenters. The van der Waals surface area contributed by atoms with Crippen LogP contribution < -0.4 is 9.47 Å². The van der Waals surface area contributed by atoms with Crippen molar-refractivity contribution in [1.29, 1.82) is 0 Å². The van der Waals surface area contributed by atoms with Crippen LogP contribution >= 0.6 is 0 Å². The van der Waals surface area contributed by atoms with Crippen LogP contribution in [0, 0.1) is 0 Å². The van der Waals surface area contributed by atoms with E-state index < -0.39 is 16.1 Å². The number of hydrogen-bond acceptors (Lipinski definition) is 6. The van der Waals surface area contributed by atoms with Crippen LogP contribution in [-0.2, 0) is 10.0 Å². The van der Waals surface area contributed by atoms with Gasteiger partial charge < -0.3 is 13.9 Å². The van der Waals surface area contributed by atoms with Gasteiger partial charge in [0.05, 0.1) is 32.3 Å². The fraction of sp³-hybridized carbons (Fsp3) is 0.312. The van der Waals surface area contributed by atoms with Gasteiger partial charge in [0.2, 0.25) is 10.0 Å².